The first-order valence-corrected chi connectivity index (χ1v) is 10.7. The van der Waals surface area contributed by atoms with Crippen molar-refractivity contribution in [2.24, 2.45) is 5.92 Å². The molecule has 0 aromatic heterocycles. The summed E-state index contributed by atoms with van der Waals surface area (Å²) in [6.45, 7) is 1.97. The van der Waals surface area contributed by atoms with Gasteiger partial charge in [0.25, 0.3) is 0 Å². The Labute approximate surface area is 182 Å². The molecule has 0 saturated carbocycles. The van der Waals surface area contributed by atoms with Crippen LogP contribution in [0.3, 0.4) is 0 Å². The Hall–Kier alpha value is -3.09. The largest absolute Gasteiger partial charge is 0.497 e. The van der Waals surface area contributed by atoms with Crippen molar-refractivity contribution in [3.63, 3.8) is 0 Å². The molecule has 1 saturated heterocycles. The van der Waals surface area contributed by atoms with Crippen LogP contribution >= 0.6 is 0 Å². The van der Waals surface area contributed by atoms with E-state index in [4.69, 9.17) is 4.74 Å². The van der Waals surface area contributed by atoms with E-state index < -0.39 is 0 Å². The molecule has 1 heterocycles. The third kappa shape index (κ3) is 7.27. The summed E-state index contributed by atoms with van der Waals surface area (Å²) in [4.78, 5) is 26.2. The lowest BCUT2D eigenvalue weighted by Crippen LogP contribution is -2.41. The van der Waals surface area contributed by atoms with E-state index in [0.29, 0.717) is 44.1 Å². The Morgan fingerprint density at radius 1 is 1.13 bits per heavy atom. The minimum atomic E-state index is -0.373. The predicted molar refractivity (Wildman–Crippen MR) is 119 cm³/mol. The van der Waals surface area contributed by atoms with Crippen LogP contribution in [0.5, 0.6) is 5.75 Å². The molecule has 1 fully saturated rings. The first kappa shape index (κ1) is 22.6. The molecule has 3 rings (SSSR count). The van der Waals surface area contributed by atoms with Gasteiger partial charge in [-0.05, 0) is 67.5 Å². The zero-order chi connectivity index (χ0) is 22.1. The fraction of sp³-hybridized carbons (Fsp3) is 0.417. The van der Waals surface area contributed by atoms with Gasteiger partial charge < -0.3 is 20.3 Å². The van der Waals surface area contributed by atoms with Crippen LogP contribution in [0.1, 0.15) is 31.2 Å². The van der Waals surface area contributed by atoms with Gasteiger partial charge >= 0.3 is 6.03 Å². The maximum Gasteiger partial charge on any atom is 0.321 e. The van der Waals surface area contributed by atoms with Gasteiger partial charge in [-0.1, -0.05) is 18.2 Å². The Balaban J connectivity index is 1.31. The number of hydrogen-bond donors (Lipinski definition) is 2. The van der Waals surface area contributed by atoms with E-state index in [0.717, 1.165) is 30.6 Å². The number of ether oxygens (including phenoxy) is 1. The van der Waals surface area contributed by atoms with Gasteiger partial charge in [0.15, 0.2) is 0 Å². The van der Waals surface area contributed by atoms with Crippen molar-refractivity contribution in [3.05, 3.63) is 59.9 Å². The van der Waals surface area contributed by atoms with E-state index in [1.54, 1.807) is 24.1 Å². The highest BCUT2D eigenvalue weighted by Crippen LogP contribution is 2.21. The summed E-state index contributed by atoms with van der Waals surface area (Å²) in [6.07, 6.45) is 3.84. The maximum absolute atomic E-state index is 13.3. The van der Waals surface area contributed by atoms with Crippen LogP contribution in [0, 0.1) is 11.7 Å². The number of nitrogens with zero attached hydrogens (tertiary/aromatic N) is 1. The minimum absolute atomic E-state index is 0.0507. The minimum Gasteiger partial charge on any atom is -0.497 e. The summed E-state index contributed by atoms with van der Waals surface area (Å²) in [5.74, 6) is 0.961. The lowest BCUT2D eigenvalue weighted by molar-refractivity contribution is -0.121. The SMILES string of the molecule is COc1cccc(CCC(=O)NCCC2CCN(C(=O)Nc3cccc(F)c3)CC2)c1. The van der Waals surface area contributed by atoms with Gasteiger partial charge in [0.1, 0.15) is 11.6 Å². The lowest BCUT2D eigenvalue weighted by atomic mass is 9.93. The number of piperidine rings is 1. The number of nitrogens with one attached hydrogen (secondary N) is 2. The molecule has 1 aliphatic heterocycles. The van der Waals surface area contributed by atoms with Crippen molar-refractivity contribution in [1.82, 2.24) is 10.2 Å². The van der Waals surface area contributed by atoms with Crippen LogP contribution in [0.25, 0.3) is 0 Å². The fourth-order valence-corrected chi connectivity index (χ4v) is 3.78. The molecule has 166 valence electrons. The second-order valence-corrected chi connectivity index (χ2v) is 7.86. The number of likely N-dealkylation sites (tertiary alicyclic amines) is 1. The number of carbonyl (C=O) groups is 2. The number of aryl methyl sites for hydroxylation is 1. The van der Waals surface area contributed by atoms with Gasteiger partial charge in [0.2, 0.25) is 5.91 Å². The molecule has 0 atom stereocenters. The van der Waals surface area contributed by atoms with Crippen molar-refractivity contribution >= 4 is 17.6 Å². The fourth-order valence-electron chi connectivity index (χ4n) is 3.78. The molecule has 0 radical (unpaired) electrons. The normalized spacial score (nSPS) is 14.2. The van der Waals surface area contributed by atoms with E-state index in [1.807, 2.05) is 24.3 Å². The van der Waals surface area contributed by atoms with Gasteiger partial charge in [-0.3, -0.25) is 4.79 Å². The number of methoxy groups -OCH3 is 1. The number of hydrogen-bond acceptors (Lipinski definition) is 3. The van der Waals surface area contributed by atoms with Gasteiger partial charge in [-0.2, -0.15) is 0 Å². The molecule has 0 spiro atoms. The summed E-state index contributed by atoms with van der Waals surface area (Å²) < 4.78 is 18.5. The predicted octanol–water partition coefficient (Wildman–Crippen LogP) is 4.22. The van der Waals surface area contributed by atoms with Crippen LogP contribution in [0.15, 0.2) is 48.5 Å². The maximum atomic E-state index is 13.3. The quantitative estimate of drug-likeness (QED) is 0.663. The van der Waals surface area contributed by atoms with Crippen molar-refractivity contribution in [3.8, 4) is 5.75 Å². The first-order chi connectivity index (χ1) is 15.0. The molecule has 0 aliphatic carbocycles. The molecular formula is C24H30FN3O3. The van der Waals surface area contributed by atoms with Gasteiger partial charge in [-0.25, -0.2) is 9.18 Å². The van der Waals surface area contributed by atoms with Gasteiger partial charge in [0.05, 0.1) is 7.11 Å². The zero-order valence-corrected chi connectivity index (χ0v) is 17.9. The number of urea groups is 1. The summed E-state index contributed by atoms with van der Waals surface area (Å²) >= 11 is 0. The van der Waals surface area contributed by atoms with Crippen molar-refractivity contribution in [1.29, 1.82) is 0 Å². The Bertz CT molecular complexity index is 882. The van der Waals surface area contributed by atoms with Crippen molar-refractivity contribution in [2.75, 3.05) is 32.1 Å². The standard InChI is InChI=1S/C24H30FN3O3/c1-31-22-7-2-4-19(16-22)8-9-23(29)26-13-10-18-11-14-28(15-12-18)24(30)27-21-6-3-5-20(25)17-21/h2-7,16-18H,8-15H2,1H3,(H,26,29)(H,27,30). The Kier molecular flexibility index (Phi) is 8.27. The molecule has 0 unspecified atom stereocenters. The smallest absolute Gasteiger partial charge is 0.321 e. The molecule has 3 amide bonds. The third-order valence-electron chi connectivity index (χ3n) is 5.63. The van der Waals surface area contributed by atoms with E-state index in [1.165, 1.54) is 12.1 Å². The first-order valence-electron chi connectivity index (χ1n) is 10.7. The third-order valence-corrected chi connectivity index (χ3v) is 5.63. The molecule has 7 heteroatoms. The van der Waals surface area contributed by atoms with E-state index in [9.17, 15) is 14.0 Å². The zero-order valence-electron chi connectivity index (χ0n) is 17.9. The molecule has 1 aliphatic rings. The van der Waals surface area contributed by atoms with E-state index in [-0.39, 0.29) is 17.8 Å². The number of benzene rings is 2. The van der Waals surface area contributed by atoms with Crippen LogP contribution in [0.2, 0.25) is 0 Å². The highest BCUT2D eigenvalue weighted by Gasteiger charge is 2.22. The molecule has 0 bridgehead atoms. The average molecular weight is 428 g/mol. The Morgan fingerprint density at radius 3 is 2.65 bits per heavy atom. The molecule has 31 heavy (non-hydrogen) atoms. The molecule has 2 N–H and O–H groups in total. The summed E-state index contributed by atoms with van der Waals surface area (Å²) in [5, 5.41) is 5.74. The molecule has 2 aromatic carbocycles. The number of anilines is 1. The molecule has 6 nitrogen and oxygen atoms in total. The van der Waals surface area contributed by atoms with Crippen molar-refractivity contribution < 1.29 is 18.7 Å². The second-order valence-electron chi connectivity index (χ2n) is 7.86. The van der Waals surface area contributed by atoms with Crippen LogP contribution in [-0.4, -0.2) is 43.6 Å². The van der Waals surface area contributed by atoms with Crippen LogP contribution in [0.4, 0.5) is 14.9 Å². The van der Waals surface area contributed by atoms with E-state index in [2.05, 4.69) is 10.6 Å². The van der Waals surface area contributed by atoms with Crippen LogP contribution < -0.4 is 15.4 Å². The van der Waals surface area contributed by atoms with Gasteiger partial charge in [-0.15, -0.1) is 0 Å². The monoisotopic (exact) mass is 427 g/mol. The summed E-state index contributed by atoms with van der Waals surface area (Å²) in [5.41, 5.74) is 1.54. The Morgan fingerprint density at radius 2 is 1.90 bits per heavy atom. The second kappa shape index (κ2) is 11.3. The number of halogens is 1. The molecule has 2 aromatic rings. The summed E-state index contributed by atoms with van der Waals surface area (Å²) in [7, 11) is 1.63. The van der Waals surface area contributed by atoms with Crippen molar-refractivity contribution in [2.45, 2.75) is 32.1 Å². The highest BCUT2D eigenvalue weighted by atomic mass is 19.1. The van der Waals surface area contributed by atoms with Crippen LogP contribution in [-0.2, 0) is 11.2 Å². The van der Waals surface area contributed by atoms with E-state index >= 15 is 0 Å². The topological polar surface area (TPSA) is 70.7 Å². The lowest BCUT2D eigenvalue weighted by Gasteiger charge is -2.32. The highest BCUT2D eigenvalue weighted by molar-refractivity contribution is 5.89. The number of rotatable bonds is 8. The average Bonchev–Trinajstić information content (AvgIpc) is 2.78. The number of amides is 3. The summed E-state index contributed by atoms with van der Waals surface area (Å²) in [6, 6.07) is 13.5. The van der Waals surface area contributed by atoms with Gasteiger partial charge in [0, 0.05) is 31.7 Å². The molecular weight excluding hydrogens is 397 g/mol. The number of carbonyl (C=O) groups excluding carboxylic acids is 2.